The van der Waals surface area contributed by atoms with Gasteiger partial charge in [0.05, 0.1) is 5.60 Å². The molecule has 0 radical (unpaired) electrons. The fraction of sp³-hybridized carbons (Fsp3) is 0.882. The van der Waals surface area contributed by atoms with Crippen molar-refractivity contribution in [1.82, 2.24) is 0 Å². The summed E-state index contributed by atoms with van der Waals surface area (Å²) in [6.07, 6.45) is 17.3. The molecular formula is C17H30O. The third-order valence-corrected chi connectivity index (χ3v) is 4.93. The van der Waals surface area contributed by atoms with Crippen molar-refractivity contribution in [3.8, 4) is 0 Å². The summed E-state index contributed by atoms with van der Waals surface area (Å²) in [7, 11) is 0. The van der Waals surface area contributed by atoms with E-state index in [0.29, 0.717) is 5.92 Å². The fourth-order valence-corrected chi connectivity index (χ4v) is 3.88. The summed E-state index contributed by atoms with van der Waals surface area (Å²) < 4.78 is 0. The summed E-state index contributed by atoms with van der Waals surface area (Å²) >= 11 is 0. The van der Waals surface area contributed by atoms with Crippen LogP contribution in [0.5, 0.6) is 0 Å². The second-order valence-corrected chi connectivity index (χ2v) is 6.38. The summed E-state index contributed by atoms with van der Waals surface area (Å²) in [5.74, 6) is 0.700. The quantitative estimate of drug-likeness (QED) is 0.538. The number of hydrogen-bond acceptors (Lipinski definition) is 1. The van der Waals surface area contributed by atoms with Crippen LogP contribution >= 0.6 is 0 Å². The Hall–Kier alpha value is -0.300. The fourth-order valence-electron chi connectivity index (χ4n) is 3.88. The van der Waals surface area contributed by atoms with Gasteiger partial charge in [-0.1, -0.05) is 51.5 Å². The zero-order valence-electron chi connectivity index (χ0n) is 12.1. The van der Waals surface area contributed by atoms with Crippen molar-refractivity contribution in [2.24, 2.45) is 5.92 Å². The van der Waals surface area contributed by atoms with E-state index in [-0.39, 0.29) is 0 Å². The van der Waals surface area contributed by atoms with Crippen molar-refractivity contribution in [2.45, 2.75) is 89.6 Å². The predicted octanol–water partition coefficient (Wildman–Crippen LogP) is 4.99. The van der Waals surface area contributed by atoms with Crippen molar-refractivity contribution in [2.75, 3.05) is 0 Å². The van der Waals surface area contributed by atoms with Crippen LogP contribution in [0.3, 0.4) is 0 Å². The highest BCUT2D eigenvalue weighted by molar-refractivity contribution is 5.23. The third-order valence-electron chi connectivity index (χ3n) is 4.93. The maximum absolute atomic E-state index is 11.0. The first-order valence-electron chi connectivity index (χ1n) is 8.19. The van der Waals surface area contributed by atoms with Gasteiger partial charge in [0, 0.05) is 0 Å². The van der Waals surface area contributed by atoms with E-state index in [1.54, 1.807) is 0 Å². The molecule has 0 saturated heterocycles. The van der Waals surface area contributed by atoms with Crippen LogP contribution in [0.4, 0.5) is 0 Å². The van der Waals surface area contributed by atoms with Gasteiger partial charge in [0.15, 0.2) is 0 Å². The molecule has 0 aromatic heterocycles. The zero-order valence-corrected chi connectivity index (χ0v) is 12.1. The average molecular weight is 250 g/mol. The Morgan fingerprint density at radius 3 is 2.67 bits per heavy atom. The molecule has 0 bridgehead atoms. The highest BCUT2D eigenvalue weighted by atomic mass is 16.3. The first kappa shape index (κ1) is 14.1. The predicted molar refractivity (Wildman–Crippen MR) is 77.6 cm³/mol. The lowest BCUT2D eigenvalue weighted by Gasteiger charge is -2.40. The van der Waals surface area contributed by atoms with Gasteiger partial charge >= 0.3 is 0 Å². The molecule has 104 valence electrons. The molecule has 1 nitrogen and oxygen atoms in total. The number of rotatable bonds is 5. The Labute approximate surface area is 113 Å². The molecule has 1 fully saturated rings. The molecule has 1 unspecified atom stereocenters. The van der Waals surface area contributed by atoms with E-state index >= 15 is 0 Å². The SMILES string of the molecule is CCCCCC1(O)CCCC=C1C1CCCCC1. The minimum atomic E-state index is -0.435. The lowest BCUT2D eigenvalue weighted by Crippen LogP contribution is -2.37. The Balaban J connectivity index is 2.01. The van der Waals surface area contributed by atoms with Gasteiger partial charge in [0.25, 0.3) is 0 Å². The summed E-state index contributed by atoms with van der Waals surface area (Å²) in [5, 5.41) is 11.0. The molecule has 1 N–H and O–H groups in total. The molecule has 1 heteroatoms. The van der Waals surface area contributed by atoms with E-state index in [4.69, 9.17) is 0 Å². The molecule has 1 atom stereocenters. The van der Waals surface area contributed by atoms with Gasteiger partial charge in [0.1, 0.15) is 0 Å². The van der Waals surface area contributed by atoms with Crippen LogP contribution in [0.1, 0.15) is 84.0 Å². The van der Waals surface area contributed by atoms with E-state index in [9.17, 15) is 5.11 Å². The van der Waals surface area contributed by atoms with Gasteiger partial charge in [-0.3, -0.25) is 0 Å². The van der Waals surface area contributed by atoms with Gasteiger partial charge in [-0.05, 0) is 50.0 Å². The van der Waals surface area contributed by atoms with Gasteiger partial charge in [-0.2, -0.15) is 0 Å². The molecule has 0 heterocycles. The molecule has 0 amide bonds. The van der Waals surface area contributed by atoms with Crippen LogP contribution in [0.25, 0.3) is 0 Å². The Morgan fingerprint density at radius 1 is 1.17 bits per heavy atom. The number of allylic oxidation sites excluding steroid dienone is 1. The Morgan fingerprint density at radius 2 is 1.94 bits per heavy atom. The molecule has 0 spiro atoms. The smallest absolute Gasteiger partial charge is 0.0859 e. The van der Waals surface area contributed by atoms with Crippen molar-refractivity contribution < 1.29 is 5.11 Å². The number of unbranched alkanes of at least 4 members (excludes halogenated alkanes) is 2. The van der Waals surface area contributed by atoms with Crippen molar-refractivity contribution in [3.05, 3.63) is 11.6 Å². The molecule has 2 aliphatic rings. The summed E-state index contributed by atoms with van der Waals surface area (Å²) in [5.41, 5.74) is 1.000. The maximum atomic E-state index is 11.0. The van der Waals surface area contributed by atoms with Gasteiger partial charge < -0.3 is 5.11 Å². The summed E-state index contributed by atoms with van der Waals surface area (Å²) in [6, 6.07) is 0. The Bertz CT molecular complexity index is 275. The lowest BCUT2D eigenvalue weighted by molar-refractivity contribution is 0.0363. The monoisotopic (exact) mass is 250 g/mol. The van der Waals surface area contributed by atoms with Gasteiger partial charge in [-0.25, -0.2) is 0 Å². The minimum Gasteiger partial charge on any atom is -0.386 e. The standard InChI is InChI=1S/C17H30O/c1-2-3-8-13-17(18)14-9-7-12-16(17)15-10-5-4-6-11-15/h12,15,18H,2-11,13-14H2,1H3. The lowest BCUT2D eigenvalue weighted by atomic mass is 9.70. The summed E-state index contributed by atoms with van der Waals surface area (Å²) in [4.78, 5) is 0. The molecule has 1 saturated carbocycles. The maximum Gasteiger partial charge on any atom is 0.0859 e. The Kier molecular flexibility index (Phi) is 5.29. The van der Waals surface area contributed by atoms with Crippen molar-refractivity contribution >= 4 is 0 Å². The van der Waals surface area contributed by atoms with E-state index in [2.05, 4.69) is 13.0 Å². The number of hydrogen-bond donors (Lipinski definition) is 1. The molecule has 0 aliphatic heterocycles. The van der Waals surface area contributed by atoms with Crippen LogP contribution in [-0.2, 0) is 0 Å². The first-order valence-corrected chi connectivity index (χ1v) is 8.19. The largest absolute Gasteiger partial charge is 0.386 e. The van der Waals surface area contributed by atoms with Crippen LogP contribution in [0, 0.1) is 5.92 Å². The van der Waals surface area contributed by atoms with E-state index in [1.807, 2.05) is 0 Å². The van der Waals surface area contributed by atoms with Crippen LogP contribution in [-0.4, -0.2) is 10.7 Å². The van der Waals surface area contributed by atoms with E-state index < -0.39 is 5.60 Å². The van der Waals surface area contributed by atoms with Crippen molar-refractivity contribution in [1.29, 1.82) is 0 Å². The highest BCUT2D eigenvalue weighted by Gasteiger charge is 2.36. The number of aliphatic hydroxyl groups is 1. The zero-order chi connectivity index (χ0) is 12.8. The van der Waals surface area contributed by atoms with E-state index in [0.717, 1.165) is 12.8 Å². The van der Waals surface area contributed by atoms with Crippen LogP contribution in [0.15, 0.2) is 11.6 Å². The normalized spacial score (nSPS) is 30.2. The molecular weight excluding hydrogens is 220 g/mol. The van der Waals surface area contributed by atoms with Gasteiger partial charge in [0.2, 0.25) is 0 Å². The second kappa shape index (κ2) is 6.75. The first-order chi connectivity index (χ1) is 8.76. The average Bonchev–Trinajstić information content (AvgIpc) is 2.40. The molecule has 2 rings (SSSR count). The third kappa shape index (κ3) is 3.38. The summed E-state index contributed by atoms with van der Waals surface area (Å²) in [6.45, 7) is 2.24. The van der Waals surface area contributed by atoms with Crippen LogP contribution in [0.2, 0.25) is 0 Å². The topological polar surface area (TPSA) is 20.2 Å². The second-order valence-electron chi connectivity index (χ2n) is 6.38. The minimum absolute atomic E-state index is 0.435. The van der Waals surface area contributed by atoms with E-state index in [1.165, 1.54) is 69.8 Å². The highest BCUT2D eigenvalue weighted by Crippen LogP contribution is 2.42. The molecule has 0 aromatic rings. The van der Waals surface area contributed by atoms with Gasteiger partial charge in [-0.15, -0.1) is 0 Å². The van der Waals surface area contributed by atoms with Crippen molar-refractivity contribution in [3.63, 3.8) is 0 Å². The molecule has 0 aromatic carbocycles. The van der Waals surface area contributed by atoms with Crippen LogP contribution < -0.4 is 0 Å². The molecule has 18 heavy (non-hydrogen) atoms. The molecule has 2 aliphatic carbocycles.